The number of benzene rings is 4. The molecule has 4 aromatic rings. The molecule has 0 radical (unpaired) electrons. The number of nitro groups is 1. The van der Waals surface area contributed by atoms with E-state index in [9.17, 15) is 24.8 Å². The van der Waals surface area contributed by atoms with Crippen molar-refractivity contribution in [1.29, 1.82) is 0 Å². The van der Waals surface area contributed by atoms with Crippen LogP contribution in [0.1, 0.15) is 50.2 Å². The van der Waals surface area contributed by atoms with Gasteiger partial charge in [0.15, 0.2) is 5.60 Å². The molecular weight excluding hydrogens is 817 g/mol. The third-order valence-electron chi connectivity index (χ3n) is 14.8. The number of hydrogen-bond acceptors (Lipinski definition) is 10. The molecule has 15 heteroatoms. The van der Waals surface area contributed by atoms with Gasteiger partial charge in [0.05, 0.1) is 64.2 Å². The molecule has 0 aromatic heterocycles. The lowest BCUT2D eigenvalue weighted by Crippen LogP contribution is -2.55. The lowest BCUT2D eigenvalue weighted by Gasteiger charge is -2.39. The van der Waals surface area contributed by atoms with Crippen LogP contribution in [0.2, 0.25) is 18.6 Å². The topological polar surface area (TPSA) is 158 Å². The highest BCUT2D eigenvalue weighted by Gasteiger charge is 2.67. The first kappa shape index (κ1) is 42.7. The standard InChI is InChI=1S/C48H56N6O8Si/c1-32-44(63(3,4)39-19-17-38(61-2)18-20-39)42(28-43(56)50-26-8-11-37(50)30-55)62-48(32)40-27-36(54(59)60)16-21-41(40)51(46(48)58)29-33-12-14-34(15-13-33)52-31-53(35-9-6-5-7-10-35)47(45(52)57)22-24-49-25-23-47/h5-7,9-10,12-21,27,32,37,42,44,49,55H,8,11,22-26,28-31H2,1-4H3/t32-,37-,42+,44-,48+/m0/s1. The van der Waals surface area contributed by atoms with Crippen molar-refractivity contribution in [2.45, 2.75) is 87.5 Å². The zero-order valence-corrected chi connectivity index (χ0v) is 37.4. The number of methoxy groups -OCH3 is 1. The summed E-state index contributed by atoms with van der Waals surface area (Å²) < 4.78 is 12.6. The van der Waals surface area contributed by atoms with Gasteiger partial charge < -0.3 is 34.6 Å². The van der Waals surface area contributed by atoms with Gasteiger partial charge >= 0.3 is 0 Å². The van der Waals surface area contributed by atoms with Crippen LogP contribution in [0.15, 0.2) is 97.1 Å². The third kappa shape index (κ3) is 7.00. The van der Waals surface area contributed by atoms with Crippen LogP contribution >= 0.6 is 0 Å². The number of anilines is 3. The summed E-state index contributed by atoms with van der Waals surface area (Å²) in [6.45, 7) is 8.94. The van der Waals surface area contributed by atoms with Gasteiger partial charge in [-0.3, -0.25) is 29.4 Å². The summed E-state index contributed by atoms with van der Waals surface area (Å²) in [4.78, 5) is 63.4. The highest BCUT2D eigenvalue weighted by molar-refractivity contribution is 6.91. The highest BCUT2D eigenvalue weighted by atomic mass is 28.3. The maximum atomic E-state index is 15.5. The second-order valence-corrected chi connectivity index (χ2v) is 23.0. The Bertz CT molecular complexity index is 2390. The van der Waals surface area contributed by atoms with E-state index >= 15 is 4.79 Å². The van der Waals surface area contributed by atoms with E-state index in [1.54, 1.807) is 23.0 Å². The van der Waals surface area contributed by atoms with E-state index in [0.29, 0.717) is 49.5 Å². The third-order valence-corrected chi connectivity index (χ3v) is 19.2. The van der Waals surface area contributed by atoms with Crippen molar-refractivity contribution < 1.29 is 33.9 Å². The number of aliphatic hydroxyl groups excluding tert-OH is 1. The quantitative estimate of drug-likeness (QED) is 0.109. The second-order valence-electron chi connectivity index (χ2n) is 18.4. The van der Waals surface area contributed by atoms with E-state index < -0.39 is 36.2 Å². The zero-order chi connectivity index (χ0) is 44.3. The Morgan fingerprint density at radius 3 is 2.35 bits per heavy atom. The summed E-state index contributed by atoms with van der Waals surface area (Å²) in [5.41, 5.74) is 0.847. The molecular formula is C48H56N6O8Si. The molecule has 5 aliphatic rings. The number of nitrogens with zero attached hydrogens (tertiary/aromatic N) is 5. The summed E-state index contributed by atoms with van der Waals surface area (Å²) in [6.07, 6.45) is 2.22. The number of non-ortho nitro benzene ring substituents is 1. The molecule has 63 heavy (non-hydrogen) atoms. The SMILES string of the molecule is COc1ccc([Si](C)(C)[C@@H]2[C@@H](CC(=O)N3CCC[C@H]3CO)O[C@]3(C(=O)N(Cc4ccc(N5CN(c6ccccc6)C6(CCNCC6)C5=O)cc4)c4ccc([N+](=O)[O-])cc43)[C@H]2C)cc1. The van der Waals surface area contributed by atoms with Gasteiger partial charge in [-0.25, -0.2) is 0 Å². The summed E-state index contributed by atoms with van der Waals surface area (Å²) in [6, 6.07) is 30.0. The molecule has 4 fully saturated rings. The first-order chi connectivity index (χ1) is 30.3. The predicted molar refractivity (Wildman–Crippen MR) is 243 cm³/mol. The fourth-order valence-corrected chi connectivity index (χ4v) is 15.6. The number of ether oxygens (including phenoxy) is 2. The molecule has 5 heterocycles. The summed E-state index contributed by atoms with van der Waals surface area (Å²) in [7, 11) is -1.01. The Morgan fingerprint density at radius 2 is 1.68 bits per heavy atom. The molecule has 0 aliphatic carbocycles. The Labute approximate surface area is 368 Å². The number of aliphatic hydroxyl groups is 1. The van der Waals surface area contributed by atoms with E-state index in [0.717, 1.165) is 41.6 Å². The van der Waals surface area contributed by atoms with Gasteiger partial charge in [0.1, 0.15) is 11.3 Å². The Balaban J connectivity index is 1.06. The number of fused-ring (bicyclic) bond motifs is 2. The van der Waals surface area contributed by atoms with Gasteiger partial charge in [0, 0.05) is 41.5 Å². The van der Waals surface area contributed by atoms with Gasteiger partial charge in [0.2, 0.25) is 5.91 Å². The number of rotatable bonds is 11. The average molecular weight is 873 g/mol. The van der Waals surface area contributed by atoms with E-state index in [1.165, 1.54) is 12.1 Å². The second kappa shape index (κ2) is 16.5. The van der Waals surface area contributed by atoms with Crippen LogP contribution in [0.4, 0.5) is 22.7 Å². The molecule has 2 N–H and O–H groups in total. The van der Waals surface area contributed by atoms with Crippen LogP contribution in [0, 0.1) is 16.0 Å². The Kier molecular flexibility index (Phi) is 11.2. The normalized spacial score (nSPS) is 25.4. The van der Waals surface area contributed by atoms with E-state index in [1.807, 2.05) is 66.4 Å². The Morgan fingerprint density at radius 1 is 0.968 bits per heavy atom. The predicted octanol–water partition coefficient (Wildman–Crippen LogP) is 5.67. The number of hydrogen-bond donors (Lipinski definition) is 2. The van der Waals surface area contributed by atoms with Crippen molar-refractivity contribution in [3.8, 4) is 5.75 Å². The van der Waals surface area contributed by atoms with Gasteiger partial charge in [-0.1, -0.05) is 67.7 Å². The van der Waals surface area contributed by atoms with Gasteiger partial charge in [-0.15, -0.1) is 0 Å². The molecule has 5 atom stereocenters. The molecule has 3 amide bonds. The molecule has 9 rings (SSSR count). The molecule has 330 valence electrons. The average Bonchev–Trinajstić information content (AvgIpc) is 4.03. The number of piperidine rings is 1. The van der Waals surface area contributed by atoms with Crippen LogP contribution in [-0.4, -0.2) is 98.4 Å². The lowest BCUT2D eigenvalue weighted by molar-refractivity contribution is -0.385. The summed E-state index contributed by atoms with van der Waals surface area (Å²) in [5.74, 6) is -0.163. The molecule has 0 saturated carbocycles. The number of likely N-dealkylation sites (tertiary alicyclic amines) is 1. The monoisotopic (exact) mass is 872 g/mol. The van der Waals surface area contributed by atoms with Gasteiger partial charge in [-0.05, 0) is 92.3 Å². The smallest absolute Gasteiger partial charge is 0.269 e. The van der Waals surface area contributed by atoms with Crippen LogP contribution in [0.3, 0.4) is 0 Å². The van der Waals surface area contributed by atoms with Crippen molar-refractivity contribution in [2.75, 3.05) is 54.7 Å². The minimum absolute atomic E-state index is 0.00750. The molecule has 2 spiro atoms. The molecule has 14 nitrogen and oxygen atoms in total. The van der Waals surface area contributed by atoms with E-state index in [4.69, 9.17) is 9.47 Å². The number of carbonyl (C=O) groups excluding carboxylic acids is 3. The lowest BCUT2D eigenvalue weighted by atomic mass is 9.82. The number of carbonyl (C=O) groups is 3. The van der Waals surface area contributed by atoms with Gasteiger partial charge in [-0.2, -0.15) is 0 Å². The van der Waals surface area contributed by atoms with Crippen LogP contribution in [0.25, 0.3) is 0 Å². The largest absolute Gasteiger partial charge is 0.497 e. The Hall–Kier alpha value is -5.61. The van der Waals surface area contributed by atoms with Crippen molar-refractivity contribution in [1.82, 2.24) is 10.2 Å². The van der Waals surface area contributed by atoms with E-state index in [-0.39, 0.29) is 54.6 Å². The van der Waals surface area contributed by atoms with Crippen LogP contribution in [-0.2, 0) is 31.3 Å². The highest BCUT2D eigenvalue weighted by Crippen LogP contribution is 2.60. The van der Waals surface area contributed by atoms with Crippen molar-refractivity contribution in [2.24, 2.45) is 5.92 Å². The van der Waals surface area contributed by atoms with Crippen molar-refractivity contribution >= 4 is 53.7 Å². The summed E-state index contributed by atoms with van der Waals surface area (Å²) in [5, 5.41) is 27.0. The number of nitrogens with one attached hydrogen (secondary N) is 1. The minimum Gasteiger partial charge on any atom is -0.497 e. The van der Waals surface area contributed by atoms with Crippen molar-refractivity contribution in [3.05, 3.63) is 118 Å². The van der Waals surface area contributed by atoms with Crippen molar-refractivity contribution in [3.63, 3.8) is 0 Å². The first-order valence-corrected chi connectivity index (χ1v) is 25.2. The number of amides is 3. The maximum absolute atomic E-state index is 15.5. The molecule has 4 aromatic carbocycles. The maximum Gasteiger partial charge on any atom is 0.269 e. The zero-order valence-electron chi connectivity index (χ0n) is 36.4. The molecule has 0 bridgehead atoms. The number of para-hydroxylation sites is 1. The van der Waals surface area contributed by atoms with Crippen LogP contribution < -0.4 is 29.9 Å². The fourth-order valence-electron chi connectivity index (χ4n) is 11.5. The fraction of sp³-hybridized carbons (Fsp3) is 0.438. The van der Waals surface area contributed by atoms with Crippen LogP contribution in [0.5, 0.6) is 5.75 Å². The molecule has 5 aliphatic heterocycles. The molecule has 0 unspecified atom stereocenters. The summed E-state index contributed by atoms with van der Waals surface area (Å²) >= 11 is 0. The number of nitro benzene ring substituents is 1. The van der Waals surface area contributed by atoms with Gasteiger partial charge in [0.25, 0.3) is 17.5 Å². The molecule has 4 saturated heterocycles. The van der Waals surface area contributed by atoms with E-state index in [2.05, 4.69) is 47.6 Å². The first-order valence-electron chi connectivity index (χ1n) is 22.1. The minimum atomic E-state index is -2.63.